The zero-order valence-electron chi connectivity index (χ0n) is 11.6. The van der Waals surface area contributed by atoms with E-state index >= 15 is 0 Å². The molecule has 5 heteroatoms. The Kier molecular flexibility index (Phi) is 4.53. The van der Waals surface area contributed by atoms with Gasteiger partial charge in [-0.05, 0) is 45.0 Å². The summed E-state index contributed by atoms with van der Waals surface area (Å²) in [5, 5.41) is 8.91. The zero-order chi connectivity index (χ0) is 14.6. The fraction of sp³-hybridized carbons (Fsp3) is 0.429. The highest BCUT2D eigenvalue weighted by atomic mass is 16.5. The fourth-order valence-electron chi connectivity index (χ4n) is 1.64. The van der Waals surface area contributed by atoms with Crippen LogP contribution in [0.25, 0.3) is 0 Å². The van der Waals surface area contributed by atoms with Gasteiger partial charge in [-0.15, -0.1) is 0 Å². The van der Waals surface area contributed by atoms with Crippen molar-refractivity contribution >= 4 is 11.9 Å². The number of hydrogen-bond acceptors (Lipinski definition) is 3. The minimum Gasteiger partial charge on any atom is -0.497 e. The molecule has 1 aromatic rings. The van der Waals surface area contributed by atoms with Gasteiger partial charge in [-0.2, -0.15) is 0 Å². The zero-order valence-corrected chi connectivity index (χ0v) is 11.6. The van der Waals surface area contributed by atoms with E-state index in [0.717, 1.165) is 0 Å². The largest absolute Gasteiger partial charge is 0.497 e. The first-order chi connectivity index (χ1) is 8.75. The topological polar surface area (TPSA) is 66.8 Å². The predicted octanol–water partition coefficient (Wildman–Crippen LogP) is 2.02. The third kappa shape index (κ3) is 3.98. The number of ether oxygens (including phenoxy) is 1. The number of rotatable bonds is 4. The predicted molar refractivity (Wildman–Crippen MR) is 71.4 cm³/mol. The molecule has 0 bridgehead atoms. The minimum atomic E-state index is -1.03. The van der Waals surface area contributed by atoms with Gasteiger partial charge in [0.25, 0.3) is 5.91 Å². The second kappa shape index (κ2) is 5.73. The van der Waals surface area contributed by atoms with Gasteiger partial charge in [0.2, 0.25) is 0 Å². The van der Waals surface area contributed by atoms with Crippen molar-refractivity contribution in [2.45, 2.75) is 26.3 Å². The number of amides is 1. The maximum absolute atomic E-state index is 12.3. The average molecular weight is 265 g/mol. The van der Waals surface area contributed by atoms with Crippen molar-refractivity contribution in [1.29, 1.82) is 0 Å². The SMILES string of the molecule is COc1ccc(C(=O)N(CC(=O)O)C(C)(C)C)cc1. The van der Waals surface area contributed by atoms with Crippen molar-refractivity contribution in [1.82, 2.24) is 4.90 Å². The van der Waals surface area contributed by atoms with Crippen LogP contribution in [0.5, 0.6) is 5.75 Å². The smallest absolute Gasteiger partial charge is 0.323 e. The quantitative estimate of drug-likeness (QED) is 0.904. The number of hydrogen-bond donors (Lipinski definition) is 1. The van der Waals surface area contributed by atoms with E-state index in [9.17, 15) is 9.59 Å². The van der Waals surface area contributed by atoms with E-state index in [4.69, 9.17) is 9.84 Å². The summed E-state index contributed by atoms with van der Waals surface area (Å²) in [4.78, 5) is 24.6. The van der Waals surface area contributed by atoms with E-state index in [1.165, 1.54) is 4.90 Å². The Morgan fingerprint density at radius 2 is 1.74 bits per heavy atom. The Morgan fingerprint density at radius 1 is 1.21 bits per heavy atom. The highest BCUT2D eigenvalue weighted by molar-refractivity contribution is 5.96. The molecule has 0 aliphatic heterocycles. The Labute approximate surface area is 112 Å². The monoisotopic (exact) mass is 265 g/mol. The van der Waals surface area contributed by atoms with Crippen molar-refractivity contribution < 1.29 is 19.4 Å². The fourth-order valence-corrected chi connectivity index (χ4v) is 1.64. The summed E-state index contributed by atoms with van der Waals surface area (Å²) < 4.78 is 5.02. The van der Waals surface area contributed by atoms with Crippen molar-refractivity contribution in [2.24, 2.45) is 0 Å². The molecule has 104 valence electrons. The maximum atomic E-state index is 12.3. The highest BCUT2D eigenvalue weighted by Crippen LogP contribution is 2.19. The summed E-state index contributed by atoms with van der Waals surface area (Å²) >= 11 is 0. The van der Waals surface area contributed by atoms with Gasteiger partial charge in [0, 0.05) is 11.1 Å². The molecular weight excluding hydrogens is 246 g/mol. The second-order valence-corrected chi connectivity index (χ2v) is 5.18. The molecule has 19 heavy (non-hydrogen) atoms. The Morgan fingerprint density at radius 3 is 2.11 bits per heavy atom. The Bertz CT molecular complexity index is 459. The lowest BCUT2D eigenvalue weighted by molar-refractivity contribution is -0.138. The average Bonchev–Trinajstić information content (AvgIpc) is 2.34. The molecule has 0 unspecified atom stereocenters. The lowest BCUT2D eigenvalue weighted by Gasteiger charge is -2.34. The van der Waals surface area contributed by atoms with Gasteiger partial charge in [0.1, 0.15) is 12.3 Å². The van der Waals surface area contributed by atoms with Gasteiger partial charge < -0.3 is 14.7 Å². The summed E-state index contributed by atoms with van der Waals surface area (Å²) in [6.45, 7) is 5.08. The van der Waals surface area contributed by atoms with Crippen LogP contribution in [0.2, 0.25) is 0 Å². The summed E-state index contributed by atoms with van der Waals surface area (Å²) in [7, 11) is 1.54. The molecule has 0 saturated heterocycles. The third-order valence-corrected chi connectivity index (χ3v) is 2.69. The molecule has 0 aliphatic rings. The van der Waals surface area contributed by atoms with Crippen molar-refractivity contribution in [3.8, 4) is 5.75 Å². The first-order valence-corrected chi connectivity index (χ1v) is 5.93. The minimum absolute atomic E-state index is 0.308. The van der Waals surface area contributed by atoms with Crippen LogP contribution >= 0.6 is 0 Å². The van der Waals surface area contributed by atoms with Crippen LogP contribution in [0, 0.1) is 0 Å². The molecule has 1 aromatic carbocycles. The molecule has 1 N–H and O–H groups in total. The Balaban J connectivity index is 3.01. The molecule has 0 radical (unpaired) electrons. The first kappa shape index (κ1) is 15.0. The molecule has 1 rings (SSSR count). The van der Waals surface area contributed by atoms with Crippen LogP contribution in [0.3, 0.4) is 0 Å². The van der Waals surface area contributed by atoms with Crippen LogP contribution in [-0.4, -0.2) is 41.1 Å². The van der Waals surface area contributed by atoms with Gasteiger partial charge in [-0.1, -0.05) is 0 Å². The molecule has 0 spiro atoms. The molecule has 0 saturated carbocycles. The van der Waals surface area contributed by atoms with E-state index in [0.29, 0.717) is 11.3 Å². The Hall–Kier alpha value is -2.04. The van der Waals surface area contributed by atoms with Crippen molar-refractivity contribution in [2.75, 3.05) is 13.7 Å². The van der Waals surface area contributed by atoms with Gasteiger partial charge in [-0.25, -0.2) is 0 Å². The maximum Gasteiger partial charge on any atom is 0.323 e. The lowest BCUT2D eigenvalue weighted by atomic mass is 10.0. The number of aliphatic carboxylic acids is 1. The third-order valence-electron chi connectivity index (χ3n) is 2.69. The first-order valence-electron chi connectivity index (χ1n) is 5.93. The van der Waals surface area contributed by atoms with Gasteiger partial charge in [-0.3, -0.25) is 9.59 Å². The number of carbonyl (C=O) groups excluding carboxylic acids is 1. The molecule has 5 nitrogen and oxygen atoms in total. The number of carbonyl (C=O) groups is 2. The number of benzene rings is 1. The van der Waals surface area contributed by atoms with E-state index in [2.05, 4.69) is 0 Å². The molecule has 0 aliphatic carbocycles. The van der Waals surface area contributed by atoms with E-state index in [1.54, 1.807) is 52.1 Å². The van der Waals surface area contributed by atoms with E-state index in [-0.39, 0.29) is 12.5 Å². The van der Waals surface area contributed by atoms with E-state index in [1.807, 2.05) is 0 Å². The normalized spacial score (nSPS) is 10.9. The number of carboxylic acids is 1. The van der Waals surface area contributed by atoms with Crippen LogP contribution in [0.4, 0.5) is 0 Å². The number of nitrogens with zero attached hydrogens (tertiary/aromatic N) is 1. The number of methoxy groups -OCH3 is 1. The van der Waals surface area contributed by atoms with Crippen LogP contribution in [0.1, 0.15) is 31.1 Å². The van der Waals surface area contributed by atoms with Crippen LogP contribution in [0.15, 0.2) is 24.3 Å². The van der Waals surface area contributed by atoms with Crippen LogP contribution < -0.4 is 4.74 Å². The molecule has 0 fully saturated rings. The molecule has 1 amide bonds. The van der Waals surface area contributed by atoms with E-state index < -0.39 is 11.5 Å². The van der Waals surface area contributed by atoms with Gasteiger partial charge >= 0.3 is 5.97 Å². The van der Waals surface area contributed by atoms with Crippen molar-refractivity contribution in [3.05, 3.63) is 29.8 Å². The van der Waals surface area contributed by atoms with Crippen molar-refractivity contribution in [3.63, 3.8) is 0 Å². The molecule has 0 atom stereocenters. The van der Waals surface area contributed by atoms with Crippen LogP contribution in [-0.2, 0) is 4.79 Å². The molecular formula is C14H19NO4. The summed E-state index contributed by atoms with van der Waals surface area (Å²) in [6, 6.07) is 6.60. The summed E-state index contributed by atoms with van der Waals surface area (Å²) in [6.07, 6.45) is 0. The molecule has 0 heterocycles. The standard InChI is InChI=1S/C14H19NO4/c1-14(2,3)15(9-12(16)17)13(18)10-5-7-11(19-4)8-6-10/h5-8H,9H2,1-4H3,(H,16,17). The highest BCUT2D eigenvalue weighted by Gasteiger charge is 2.29. The lowest BCUT2D eigenvalue weighted by Crippen LogP contribution is -2.48. The molecule has 0 aromatic heterocycles. The van der Waals surface area contributed by atoms with Gasteiger partial charge in [0.15, 0.2) is 0 Å². The second-order valence-electron chi connectivity index (χ2n) is 5.18. The summed E-state index contributed by atoms with van der Waals surface area (Å²) in [5.41, 5.74) is -0.118. The summed E-state index contributed by atoms with van der Waals surface area (Å²) in [5.74, 6) is -0.688. The number of carboxylic acid groups (broad SMARTS) is 1. The van der Waals surface area contributed by atoms with Gasteiger partial charge in [0.05, 0.1) is 7.11 Å².